The summed E-state index contributed by atoms with van der Waals surface area (Å²) in [6.45, 7) is 1.31. The highest BCUT2D eigenvalue weighted by molar-refractivity contribution is 5.96. The van der Waals surface area contributed by atoms with Gasteiger partial charge in [-0.05, 0) is 24.3 Å². The van der Waals surface area contributed by atoms with E-state index in [1.807, 2.05) is 0 Å². The fraction of sp³-hybridized carbons (Fsp3) is 0.125. The van der Waals surface area contributed by atoms with Crippen molar-refractivity contribution in [1.29, 1.82) is 0 Å². The van der Waals surface area contributed by atoms with Crippen LogP contribution in [0.2, 0.25) is 0 Å². The Kier molecular flexibility index (Phi) is 4.31. The molecule has 1 heterocycles. The van der Waals surface area contributed by atoms with Crippen LogP contribution in [0.1, 0.15) is 24.3 Å². The van der Waals surface area contributed by atoms with Gasteiger partial charge in [-0.1, -0.05) is 0 Å². The molecule has 0 saturated carbocycles. The Morgan fingerprint density at radius 2 is 1.50 bits per heavy atom. The number of nitro groups is 2. The Morgan fingerprint density at radius 3 is 1.96 bits per heavy atom. The third kappa shape index (κ3) is 3.20. The van der Waals surface area contributed by atoms with Gasteiger partial charge in [0.1, 0.15) is 0 Å². The van der Waals surface area contributed by atoms with E-state index in [0.29, 0.717) is 11.1 Å². The lowest BCUT2D eigenvalue weighted by Gasteiger charge is -2.19. The first-order valence-corrected chi connectivity index (χ1v) is 7.41. The lowest BCUT2D eigenvalue weighted by Crippen LogP contribution is -2.25. The highest BCUT2D eigenvalue weighted by Gasteiger charge is 2.33. The molecule has 3 rings (SSSR count). The molecule has 1 amide bonds. The second-order valence-electron chi connectivity index (χ2n) is 5.39. The number of benzene rings is 2. The van der Waals surface area contributed by atoms with E-state index >= 15 is 0 Å². The molecule has 2 aromatic rings. The maximum absolute atomic E-state index is 11.9. The normalized spacial score (nSPS) is 16.0. The SMILES string of the molecule is CC(=O)N1N=C(c2ccc([N+](=O)[O-])cc2)O[C@H]1c1ccc([N+](=O)[O-])cc1. The molecule has 10 nitrogen and oxygen atoms in total. The Bertz CT molecular complexity index is 907. The van der Waals surface area contributed by atoms with Crippen molar-refractivity contribution < 1.29 is 19.4 Å². The second-order valence-corrected chi connectivity index (χ2v) is 5.39. The van der Waals surface area contributed by atoms with Crippen LogP contribution in [0.25, 0.3) is 0 Å². The van der Waals surface area contributed by atoms with Gasteiger partial charge < -0.3 is 4.74 Å². The highest BCUT2D eigenvalue weighted by Crippen LogP contribution is 2.31. The molecule has 0 bridgehead atoms. The topological polar surface area (TPSA) is 128 Å². The van der Waals surface area contributed by atoms with Crippen molar-refractivity contribution in [3.8, 4) is 0 Å². The molecule has 1 aliphatic rings. The molecule has 0 aromatic heterocycles. The van der Waals surface area contributed by atoms with Crippen molar-refractivity contribution in [2.75, 3.05) is 0 Å². The van der Waals surface area contributed by atoms with Crippen LogP contribution in [-0.4, -0.2) is 26.7 Å². The maximum Gasteiger partial charge on any atom is 0.269 e. The fourth-order valence-corrected chi connectivity index (χ4v) is 2.39. The number of carbonyl (C=O) groups is 1. The molecule has 0 saturated heterocycles. The van der Waals surface area contributed by atoms with Gasteiger partial charge >= 0.3 is 0 Å². The van der Waals surface area contributed by atoms with Gasteiger partial charge in [0, 0.05) is 42.3 Å². The zero-order chi connectivity index (χ0) is 18.8. The Balaban J connectivity index is 1.88. The molecule has 10 heteroatoms. The lowest BCUT2D eigenvalue weighted by molar-refractivity contribution is -0.385. The zero-order valence-corrected chi connectivity index (χ0v) is 13.4. The van der Waals surface area contributed by atoms with Gasteiger partial charge in [0.15, 0.2) is 0 Å². The number of nitro benzene ring substituents is 2. The molecule has 0 aliphatic carbocycles. The van der Waals surface area contributed by atoms with Crippen molar-refractivity contribution in [3.05, 3.63) is 79.9 Å². The van der Waals surface area contributed by atoms with Crippen LogP contribution in [0.5, 0.6) is 0 Å². The molecule has 0 fully saturated rings. The molecule has 0 unspecified atom stereocenters. The minimum Gasteiger partial charge on any atom is -0.446 e. The monoisotopic (exact) mass is 356 g/mol. The van der Waals surface area contributed by atoms with Gasteiger partial charge in [-0.15, -0.1) is 5.10 Å². The van der Waals surface area contributed by atoms with Crippen molar-refractivity contribution in [1.82, 2.24) is 5.01 Å². The molecule has 2 aromatic carbocycles. The smallest absolute Gasteiger partial charge is 0.269 e. The highest BCUT2D eigenvalue weighted by atomic mass is 16.6. The standard InChI is InChI=1S/C16H12N4O6/c1-10(21)18-16(12-4-8-14(9-5-12)20(24)25)26-15(17-18)11-2-6-13(7-3-11)19(22)23/h2-9,16H,1H3/t16-/m0/s1. The number of hydrazone groups is 1. The predicted octanol–water partition coefficient (Wildman–Crippen LogP) is 2.74. The van der Waals surface area contributed by atoms with Crippen LogP contribution in [0.3, 0.4) is 0 Å². The van der Waals surface area contributed by atoms with E-state index in [4.69, 9.17) is 4.74 Å². The summed E-state index contributed by atoms with van der Waals surface area (Å²) in [7, 11) is 0. The molecule has 1 aliphatic heterocycles. The number of carbonyl (C=O) groups excluding carboxylic acids is 1. The average Bonchev–Trinajstić information content (AvgIpc) is 3.07. The summed E-state index contributed by atoms with van der Waals surface area (Å²) in [5.74, 6) is -0.260. The van der Waals surface area contributed by atoms with Crippen LogP contribution in [0, 0.1) is 20.2 Å². The summed E-state index contributed by atoms with van der Waals surface area (Å²) in [6, 6.07) is 11.1. The van der Waals surface area contributed by atoms with Crippen LogP contribution in [-0.2, 0) is 9.53 Å². The summed E-state index contributed by atoms with van der Waals surface area (Å²) < 4.78 is 5.72. The van der Waals surface area contributed by atoms with Crippen molar-refractivity contribution in [3.63, 3.8) is 0 Å². The van der Waals surface area contributed by atoms with Crippen molar-refractivity contribution in [2.45, 2.75) is 13.2 Å². The van der Waals surface area contributed by atoms with Gasteiger partial charge in [0.25, 0.3) is 11.4 Å². The summed E-state index contributed by atoms with van der Waals surface area (Å²) in [4.78, 5) is 32.3. The average molecular weight is 356 g/mol. The Hall–Kier alpha value is -3.82. The van der Waals surface area contributed by atoms with Gasteiger partial charge in [0.05, 0.1) is 9.85 Å². The lowest BCUT2D eigenvalue weighted by atomic mass is 10.1. The fourth-order valence-electron chi connectivity index (χ4n) is 2.39. The minimum absolute atomic E-state index is 0.0808. The van der Waals surface area contributed by atoms with Crippen LogP contribution in [0.4, 0.5) is 11.4 Å². The third-order valence-electron chi connectivity index (χ3n) is 3.68. The number of hydrogen-bond donors (Lipinski definition) is 0. The van der Waals surface area contributed by atoms with E-state index in [1.54, 1.807) is 0 Å². The number of rotatable bonds is 4. The number of hydrogen-bond acceptors (Lipinski definition) is 7. The van der Waals surface area contributed by atoms with Crippen LogP contribution < -0.4 is 0 Å². The van der Waals surface area contributed by atoms with E-state index < -0.39 is 16.1 Å². The number of amides is 1. The quantitative estimate of drug-likeness (QED) is 0.612. The van der Waals surface area contributed by atoms with E-state index in [9.17, 15) is 25.0 Å². The third-order valence-corrected chi connectivity index (χ3v) is 3.68. The Labute approximate surface area is 146 Å². The van der Waals surface area contributed by atoms with Crippen LogP contribution >= 0.6 is 0 Å². The second kappa shape index (κ2) is 6.59. The maximum atomic E-state index is 11.9. The summed E-state index contributed by atoms with van der Waals surface area (Å²) in [5.41, 5.74) is 0.804. The molecule has 26 heavy (non-hydrogen) atoms. The van der Waals surface area contributed by atoms with Gasteiger partial charge in [-0.25, -0.2) is 0 Å². The van der Waals surface area contributed by atoms with Gasteiger partial charge in [-0.3, -0.25) is 25.0 Å². The number of non-ortho nitro benzene ring substituents is 2. The Morgan fingerprint density at radius 1 is 1.00 bits per heavy atom. The largest absolute Gasteiger partial charge is 0.446 e. The summed E-state index contributed by atoms with van der Waals surface area (Å²) in [5, 5.41) is 26.7. The van der Waals surface area contributed by atoms with E-state index in [-0.39, 0.29) is 23.2 Å². The first kappa shape index (κ1) is 17.0. The number of ether oxygens (including phenoxy) is 1. The van der Waals surface area contributed by atoms with Crippen LogP contribution in [0.15, 0.2) is 53.6 Å². The van der Waals surface area contributed by atoms with Crippen molar-refractivity contribution >= 4 is 23.2 Å². The summed E-state index contributed by atoms with van der Waals surface area (Å²) >= 11 is 0. The van der Waals surface area contributed by atoms with Crippen molar-refractivity contribution in [2.24, 2.45) is 5.10 Å². The minimum atomic E-state index is -0.876. The first-order chi connectivity index (χ1) is 12.4. The molecule has 0 spiro atoms. The first-order valence-electron chi connectivity index (χ1n) is 7.41. The van der Waals surface area contributed by atoms with E-state index in [1.165, 1.54) is 55.5 Å². The molecule has 0 radical (unpaired) electrons. The molecule has 1 atom stereocenters. The van der Waals surface area contributed by atoms with Gasteiger partial charge in [-0.2, -0.15) is 5.01 Å². The van der Waals surface area contributed by atoms with Gasteiger partial charge in [0.2, 0.25) is 18.0 Å². The number of nitrogens with zero attached hydrogens (tertiary/aromatic N) is 4. The summed E-state index contributed by atoms with van der Waals surface area (Å²) in [6.07, 6.45) is -0.876. The zero-order valence-electron chi connectivity index (χ0n) is 13.4. The molecular weight excluding hydrogens is 344 g/mol. The predicted molar refractivity (Wildman–Crippen MR) is 89.1 cm³/mol. The molecular formula is C16H12N4O6. The van der Waals surface area contributed by atoms with E-state index in [2.05, 4.69) is 5.10 Å². The molecule has 132 valence electrons. The van der Waals surface area contributed by atoms with E-state index in [0.717, 1.165) is 5.01 Å². The molecule has 0 N–H and O–H groups in total.